The third-order valence-corrected chi connectivity index (χ3v) is 3.42. The third kappa shape index (κ3) is 4.48. The zero-order valence-corrected chi connectivity index (χ0v) is 12.9. The summed E-state index contributed by atoms with van der Waals surface area (Å²) in [5.41, 5.74) is 8.98. The Kier molecular flexibility index (Phi) is 5.78. The summed E-state index contributed by atoms with van der Waals surface area (Å²) in [4.78, 5) is 12.2. The van der Waals surface area contributed by atoms with Crippen molar-refractivity contribution in [2.75, 3.05) is 11.9 Å². The molecule has 0 radical (unpaired) electrons. The first-order valence-electron chi connectivity index (χ1n) is 7.61. The van der Waals surface area contributed by atoms with Crippen LogP contribution in [-0.4, -0.2) is 12.3 Å². The van der Waals surface area contributed by atoms with Crippen LogP contribution >= 0.6 is 0 Å². The Morgan fingerprint density at radius 1 is 1.05 bits per heavy atom. The Bertz CT molecular complexity index is 630. The summed E-state index contributed by atoms with van der Waals surface area (Å²) >= 11 is 0. The van der Waals surface area contributed by atoms with Gasteiger partial charge in [0, 0.05) is 29.6 Å². The minimum Gasteiger partial charge on any atom is -0.398 e. The van der Waals surface area contributed by atoms with Gasteiger partial charge in [-0.25, -0.2) is 0 Å². The molecule has 22 heavy (non-hydrogen) atoms. The molecule has 0 spiro atoms. The van der Waals surface area contributed by atoms with Crippen molar-refractivity contribution in [2.45, 2.75) is 19.8 Å². The minimum absolute atomic E-state index is 0.0820. The van der Waals surface area contributed by atoms with Gasteiger partial charge in [0.15, 0.2) is 5.78 Å². The Hall–Kier alpha value is -2.55. The van der Waals surface area contributed by atoms with Crippen LogP contribution in [0.4, 0.5) is 5.69 Å². The van der Waals surface area contributed by atoms with E-state index in [1.807, 2.05) is 54.6 Å². The number of ketones is 1. The highest BCUT2D eigenvalue weighted by Crippen LogP contribution is 2.13. The molecule has 2 rings (SSSR count). The predicted octanol–water partition coefficient (Wildman–Crippen LogP) is 4.08. The molecule has 0 atom stereocenters. The lowest BCUT2D eigenvalue weighted by atomic mass is 10.1. The fourth-order valence-electron chi connectivity index (χ4n) is 2.10. The van der Waals surface area contributed by atoms with Gasteiger partial charge in [-0.3, -0.25) is 4.79 Å². The highest BCUT2D eigenvalue weighted by molar-refractivity contribution is 6.08. The fraction of sp³-hybridized carbons (Fsp3) is 0.211. The smallest absolute Gasteiger partial charge is 0.187 e. The SMILES string of the molecule is CCCCNc1ccc(C(=O)/C=C(\N)c2ccccc2)cc1. The Morgan fingerprint density at radius 2 is 1.73 bits per heavy atom. The van der Waals surface area contributed by atoms with Gasteiger partial charge in [-0.15, -0.1) is 0 Å². The van der Waals surface area contributed by atoms with Crippen molar-refractivity contribution in [3.05, 3.63) is 71.8 Å². The topological polar surface area (TPSA) is 55.1 Å². The van der Waals surface area contributed by atoms with Crippen LogP contribution in [0.1, 0.15) is 35.7 Å². The maximum Gasteiger partial charge on any atom is 0.187 e. The van der Waals surface area contributed by atoms with E-state index in [2.05, 4.69) is 12.2 Å². The minimum atomic E-state index is -0.0820. The number of rotatable bonds is 7. The summed E-state index contributed by atoms with van der Waals surface area (Å²) in [7, 11) is 0. The predicted molar refractivity (Wildman–Crippen MR) is 92.8 cm³/mol. The number of allylic oxidation sites excluding steroid dienone is 1. The summed E-state index contributed by atoms with van der Waals surface area (Å²) in [6, 6.07) is 17.0. The number of carbonyl (C=O) groups is 1. The first-order valence-corrected chi connectivity index (χ1v) is 7.61. The van der Waals surface area contributed by atoms with Gasteiger partial charge in [-0.2, -0.15) is 0 Å². The lowest BCUT2D eigenvalue weighted by Crippen LogP contribution is -2.03. The monoisotopic (exact) mass is 294 g/mol. The van der Waals surface area contributed by atoms with Crippen LogP contribution in [0.5, 0.6) is 0 Å². The quantitative estimate of drug-likeness (QED) is 0.459. The van der Waals surface area contributed by atoms with Crippen LogP contribution in [0.25, 0.3) is 5.70 Å². The van der Waals surface area contributed by atoms with E-state index >= 15 is 0 Å². The second kappa shape index (κ2) is 8.03. The number of unbranched alkanes of at least 4 members (excludes halogenated alkanes) is 1. The second-order valence-corrected chi connectivity index (χ2v) is 5.19. The second-order valence-electron chi connectivity index (χ2n) is 5.19. The van der Waals surface area contributed by atoms with E-state index in [1.54, 1.807) is 0 Å². The standard InChI is InChI=1S/C19H22N2O/c1-2-3-13-21-17-11-9-16(10-12-17)19(22)14-18(20)15-7-5-4-6-8-15/h4-12,14,21H,2-3,13,20H2,1H3/b18-14-. The first-order chi connectivity index (χ1) is 10.7. The van der Waals surface area contributed by atoms with Crippen molar-refractivity contribution in [3.63, 3.8) is 0 Å². The largest absolute Gasteiger partial charge is 0.398 e. The van der Waals surface area contributed by atoms with Crippen molar-refractivity contribution < 1.29 is 4.79 Å². The van der Waals surface area contributed by atoms with Crippen molar-refractivity contribution >= 4 is 17.2 Å². The van der Waals surface area contributed by atoms with E-state index in [0.717, 1.165) is 30.6 Å². The lowest BCUT2D eigenvalue weighted by molar-refractivity contribution is 0.104. The van der Waals surface area contributed by atoms with Gasteiger partial charge >= 0.3 is 0 Å². The van der Waals surface area contributed by atoms with E-state index in [1.165, 1.54) is 6.08 Å². The van der Waals surface area contributed by atoms with Gasteiger partial charge in [0.05, 0.1) is 0 Å². The molecule has 0 heterocycles. The zero-order chi connectivity index (χ0) is 15.8. The summed E-state index contributed by atoms with van der Waals surface area (Å²) in [6.07, 6.45) is 3.78. The fourth-order valence-corrected chi connectivity index (χ4v) is 2.10. The van der Waals surface area contributed by atoms with E-state index in [4.69, 9.17) is 5.73 Å². The molecule has 3 heteroatoms. The molecule has 0 unspecified atom stereocenters. The maximum absolute atomic E-state index is 12.2. The van der Waals surface area contributed by atoms with Crippen LogP contribution in [0.15, 0.2) is 60.7 Å². The third-order valence-electron chi connectivity index (χ3n) is 3.42. The molecule has 0 aliphatic carbocycles. The van der Waals surface area contributed by atoms with Crippen molar-refractivity contribution in [1.29, 1.82) is 0 Å². The van der Waals surface area contributed by atoms with E-state index < -0.39 is 0 Å². The summed E-state index contributed by atoms with van der Waals surface area (Å²) in [5, 5.41) is 3.33. The Balaban J connectivity index is 2.03. The maximum atomic E-state index is 12.2. The number of carbonyl (C=O) groups excluding carboxylic acids is 1. The normalized spacial score (nSPS) is 11.2. The average Bonchev–Trinajstić information content (AvgIpc) is 2.56. The molecule has 0 saturated heterocycles. The molecular weight excluding hydrogens is 272 g/mol. The van der Waals surface area contributed by atoms with Crippen LogP contribution in [0.2, 0.25) is 0 Å². The van der Waals surface area contributed by atoms with Gasteiger partial charge in [0.25, 0.3) is 0 Å². The Labute approximate surface area is 131 Å². The highest BCUT2D eigenvalue weighted by atomic mass is 16.1. The number of anilines is 1. The van der Waals surface area contributed by atoms with Crippen LogP contribution in [0.3, 0.4) is 0 Å². The van der Waals surface area contributed by atoms with E-state index in [9.17, 15) is 4.79 Å². The average molecular weight is 294 g/mol. The number of nitrogens with one attached hydrogen (secondary N) is 1. The summed E-state index contributed by atoms with van der Waals surface area (Å²) in [5.74, 6) is -0.0820. The molecule has 0 amide bonds. The Morgan fingerprint density at radius 3 is 2.36 bits per heavy atom. The molecule has 3 N–H and O–H groups in total. The lowest BCUT2D eigenvalue weighted by Gasteiger charge is -2.06. The molecule has 114 valence electrons. The van der Waals surface area contributed by atoms with E-state index in [0.29, 0.717) is 11.3 Å². The molecule has 2 aromatic rings. The van der Waals surface area contributed by atoms with Crippen LogP contribution in [0, 0.1) is 0 Å². The van der Waals surface area contributed by atoms with Crippen molar-refractivity contribution in [1.82, 2.24) is 0 Å². The first kappa shape index (κ1) is 15.8. The van der Waals surface area contributed by atoms with Crippen LogP contribution in [-0.2, 0) is 0 Å². The van der Waals surface area contributed by atoms with Gasteiger partial charge < -0.3 is 11.1 Å². The molecule has 3 nitrogen and oxygen atoms in total. The molecule has 0 fully saturated rings. The van der Waals surface area contributed by atoms with Crippen molar-refractivity contribution in [2.24, 2.45) is 5.73 Å². The van der Waals surface area contributed by atoms with Gasteiger partial charge in [-0.1, -0.05) is 43.7 Å². The number of nitrogens with two attached hydrogens (primary N) is 1. The number of hydrogen-bond donors (Lipinski definition) is 2. The molecule has 0 saturated carbocycles. The molecule has 0 bridgehead atoms. The van der Waals surface area contributed by atoms with Gasteiger partial charge in [-0.05, 0) is 36.2 Å². The molecule has 0 aliphatic heterocycles. The van der Waals surface area contributed by atoms with E-state index in [-0.39, 0.29) is 5.78 Å². The van der Waals surface area contributed by atoms with Gasteiger partial charge in [0.2, 0.25) is 0 Å². The highest BCUT2D eigenvalue weighted by Gasteiger charge is 2.05. The number of hydrogen-bond acceptors (Lipinski definition) is 3. The molecule has 0 aliphatic rings. The molecular formula is C19H22N2O. The van der Waals surface area contributed by atoms with Gasteiger partial charge in [0.1, 0.15) is 0 Å². The zero-order valence-electron chi connectivity index (χ0n) is 12.9. The molecule has 0 aromatic heterocycles. The number of benzene rings is 2. The van der Waals surface area contributed by atoms with Crippen molar-refractivity contribution in [3.8, 4) is 0 Å². The van der Waals surface area contributed by atoms with Crippen LogP contribution < -0.4 is 11.1 Å². The summed E-state index contributed by atoms with van der Waals surface area (Å²) in [6.45, 7) is 3.11. The summed E-state index contributed by atoms with van der Waals surface area (Å²) < 4.78 is 0. The molecule has 2 aromatic carbocycles.